The summed E-state index contributed by atoms with van der Waals surface area (Å²) in [5.41, 5.74) is -4.08. The Bertz CT molecular complexity index is 2710. The fraction of sp³-hybridized carbons (Fsp3) is 0.115. The molecule has 3 aliphatic rings. The highest BCUT2D eigenvalue weighted by Crippen LogP contribution is 2.50. The fourth-order valence-corrected chi connectivity index (χ4v) is 8.90. The molecule has 3 amide bonds. The first-order valence-corrected chi connectivity index (χ1v) is 19.3. The van der Waals surface area contributed by atoms with Gasteiger partial charge in [-0.25, -0.2) is 14.6 Å². The lowest BCUT2D eigenvalue weighted by molar-refractivity contribution is 0.0739. The van der Waals surface area contributed by atoms with Crippen molar-refractivity contribution >= 4 is 92.1 Å². The summed E-state index contributed by atoms with van der Waals surface area (Å²) < 4.78 is 144. The number of fused-ring (bicyclic) bond motifs is 2. The van der Waals surface area contributed by atoms with Crippen molar-refractivity contribution in [2.24, 2.45) is 7.05 Å². The van der Waals surface area contributed by atoms with E-state index in [-0.39, 0.29) is 16.9 Å². The molecule has 0 aliphatic carbocycles. The number of carbonyl (C=O) groups is 2. The molecule has 0 radical (unpaired) electrons. The predicted octanol–water partition coefficient (Wildman–Crippen LogP) is 1.73. The molecule has 2 aromatic carbocycles. The topological polar surface area (TPSA) is 306 Å². The van der Waals surface area contributed by atoms with Crippen LogP contribution in [0.1, 0.15) is 16.1 Å². The van der Waals surface area contributed by atoms with Gasteiger partial charge in [0.15, 0.2) is 10.7 Å². The number of nitrogens with one attached hydrogen (secondary N) is 3. The Morgan fingerprint density at radius 2 is 1.46 bits per heavy atom. The molecule has 5 heterocycles. The highest BCUT2D eigenvalue weighted by Gasteiger charge is 2.65. The monoisotopic (exact) mass is 771 g/mol. The zero-order chi connectivity index (χ0) is 37.0. The Balaban J connectivity index is 1.94. The molecule has 2 atom stereocenters. The zero-order valence-corrected chi connectivity index (χ0v) is 28.4. The van der Waals surface area contributed by atoms with Crippen molar-refractivity contribution in [3.63, 3.8) is 0 Å². The Labute approximate surface area is 282 Å². The van der Waals surface area contributed by atoms with Gasteiger partial charge in [-0.3, -0.25) is 18.2 Å². The molecule has 24 heteroatoms. The second-order valence-electron chi connectivity index (χ2n) is 11.2. The van der Waals surface area contributed by atoms with Gasteiger partial charge in [-0.05, 0) is 42.5 Å². The minimum atomic E-state index is -5.74. The highest BCUT2D eigenvalue weighted by molar-refractivity contribution is 7.87. The van der Waals surface area contributed by atoms with Crippen LogP contribution >= 0.6 is 0 Å². The third-order valence-electron chi connectivity index (χ3n) is 8.29. The lowest BCUT2D eigenvalue weighted by atomic mass is 10.0. The van der Waals surface area contributed by atoms with E-state index in [1.807, 2.05) is 0 Å². The minimum absolute atomic E-state index is 0.289. The lowest BCUT2D eigenvalue weighted by Gasteiger charge is -2.46. The van der Waals surface area contributed by atoms with Gasteiger partial charge in [0.25, 0.3) is 20.2 Å². The van der Waals surface area contributed by atoms with Crippen molar-refractivity contribution in [2.75, 3.05) is 23.0 Å². The van der Waals surface area contributed by atoms with Crippen molar-refractivity contribution in [1.82, 2.24) is 14.0 Å². The number of aryl methyl sites for hydroxylation is 1. The lowest BCUT2D eigenvalue weighted by Crippen LogP contribution is -2.73. The first-order valence-electron chi connectivity index (χ1n) is 13.5. The molecule has 0 saturated carbocycles. The van der Waals surface area contributed by atoms with Crippen molar-refractivity contribution in [3.8, 4) is 0 Å². The van der Waals surface area contributed by atoms with E-state index in [1.165, 1.54) is 29.9 Å². The maximum atomic E-state index is 14.9. The summed E-state index contributed by atoms with van der Waals surface area (Å²) >= 11 is 0. The smallest absolute Gasteiger partial charge is 0.343 e. The van der Waals surface area contributed by atoms with Crippen molar-refractivity contribution in [1.29, 1.82) is 0 Å². The molecular formula is C26H23N6O14S4+. The summed E-state index contributed by atoms with van der Waals surface area (Å²) in [6.07, 6.45) is 2.94. The number of quaternary nitrogens is 1. The minimum Gasteiger partial charge on any atom is -0.343 e. The number of benzene rings is 2. The van der Waals surface area contributed by atoms with Crippen LogP contribution in [0, 0.1) is 0 Å². The number of likely N-dealkylation sites (N-methyl/N-ethyl adjacent to an activating group) is 1. The average molecular weight is 772 g/mol. The molecule has 0 spiro atoms. The fourth-order valence-electron chi connectivity index (χ4n) is 6.00. The number of urea groups is 1. The number of anilines is 3. The Hall–Kier alpha value is -4.79. The molecule has 7 N–H and O–H groups in total. The van der Waals surface area contributed by atoms with Crippen LogP contribution < -0.4 is 20.4 Å². The van der Waals surface area contributed by atoms with E-state index < -0.39 is 105 Å². The van der Waals surface area contributed by atoms with Gasteiger partial charge in [0, 0.05) is 36.6 Å². The number of carbonyl (C=O) groups excluding carboxylic acids is 2. The van der Waals surface area contributed by atoms with Gasteiger partial charge in [-0.2, -0.15) is 38.2 Å². The summed E-state index contributed by atoms with van der Waals surface area (Å²) in [6, 6.07) is 4.80. The molecule has 2 aromatic heterocycles. The Kier molecular flexibility index (Phi) is 7.61. The van der Waals surface area contributed by atoms with Gasteiger partial charge in [0.2, 0.25) is 0 Å². The summed E-state index contributed by atoms with van der Waals surface area (Å²) in [5.74, 6) is -1.25. The van der Waals surface area contributed by atoms with Crippen LogP contribution in [-0.2, 0) is 47.5 Å². The number of pyridine rings is 1. The van der Waals surface area contributed by atoms with Gasteiger partial charge < -0.3 is 20.5 Å². The molecule has 4 aromatic rings. The first kappa shape index (κ1) is 35.1. The molecule has 20 nitrogen and oxygen atoms in total. The predicted molar refractivity (Wildman–Crippen MR) is 175 cm³/mol. The number of nitrogens with zero attached hydrogens (tertiary/aromatic N) is 3. The van der Waals surface area contributed by atoms with Gasteiger partial charge in [0.1, 0.15) is 15.5 Å². The van der Waals surface area contributed by atoms with Crippen LogP contribution in [0.25, 0.3) is 17.0 Å². The summed E-state index contributed by atoms with van der Waals surface area (Å²) in [7, 11) is -19.3. The van der Waals surface area contributed by atoms with E-state index in [9.17, 15) is 61.5 Å². The second kappa shape index (κ2) is 10.9. The highest BCUT2D eigenvalue weighted by atomic mass is 32.2. The third kappa shape index (κ3) is 5.15. The van der Waals surface area contributed by atoms with Crippen molar-refractivity contribution < 1.29 is 61.5 Å². The van der Waals surface area contributed by atoms with E-state index >= 15 is 0 Å². The Morgan fingerprint density at radius 3 is 2.02 bits per heavy atom. The number of hydrogen-bond donors (Lipinski definition) is 7. The van der Waals surface area contributed by atoms with Crippen molar-refractivity contribution in [3.05, 3.63) is 66.0 Å². The molecule has 264 valence electrons. The summed E-state index contributed by atoms with van der Waals surface area (Å²) in [5, 5.41) is 4.83. The average Bonchev–Trinajstić information content (AvgIpc) is 3.42. The van der Waals surface area contributed by atoms with Crippen LogP contribution in [0.15, 0.2) is 69.6 Å². The molecule has 4 bridgehead atoms. The van der Waals surface area contributed by atoms with E-state index in [0.29, 0.717) is 18.2 Å². The van der Waals surface area contributed by atoms with Gasteiger partial charge in [-0.1, -0.05) is 0 Å². The molecule has 3 aliphatic heterocycles. The van der Waals surface area contributed by atoms with E-state index in [1.54, 1.807) is 0 Å². The maximum absolute atomic E-state index is 14.9. The van der Waals surface area contributed by atoms with Crippen LogP contribution in [0.4, 0.5) is 27.5 Å². The number of rotatable bonds is 5. The first-order chi connectivity index (χ1) is 22.9. The van der Waals surface area contributed by atoms with Crippen LogP contribution in [0.2, 0.25) is 0 Å². The van der Waals surface area contributed by atoms with Gasteiger partial charge in [-0.15, -0.1) is 0 Å². The largest absolute Gasteiger partial charge is 0.370 e. The SMILES string of the molecule is Cn1cccc1C(=O)[N+]1(C)c2cc(S(=O)(=O)O)nc3ccc(S(=O)(=O)O)c(c23)NC(=O)Nc2c(S(=O)(=O)O)ccc3c2C=CC1(S(=O)(=O)O)N3. The number of hydrogen-bond acceptors (Lipinski definition) is 12. The van der Waals surface area contributed by atoms with Crippen molar-refractivity contribution in [2.45, 2.75) is 19.8 Å². The Morgan fingerprint density at radius 1 is 0.860 bits per heavy atom. The maximum Gasteiger partial charge on any atom is 0.370 e. The molecule has 2 unspecified atom stereocenters. The van der Waals surface area contributed by atoms with E-state index in [4.69, 9.17) is 0 Å². The number of aromatic nitrogens is 2. The molecule has 0 fully saturated rings. The quantitative estimate of drug-likeness (QED) is 0.112. The van der Waals surface area contributed by atoms with Gasteiger partial charge in [0.05, 0.1) is 29.3 Å². The van der Waals surface area contributed by atoms with Gasteiger partial charge >= 0.3 is 37.2 Å². The summed E-state index contributed by atoms with van der Waals surface area (Å²) in [4.78, 5) is 27.1. The number of amides is 3. The second-order valence-corrected chi connectivity index (χ2v) is 16.9. The zero-order valence-electron chi connectivity index (χ0n) is 25.1. The van der Waals surface area contributed by atoms with E-state index in [0.717, 1.165) is 31.3 Å². The van der Waals surface area contributed by atoms with Crippen LogP contribution in [0.5, 0.6) is 0 Å². The molecular weight excluding hydrogens is 749 g/mol. The van der Waals surface area contributed by atoms with Crippen LogP contribution in [0.3, 0.4) is 0 Å². The molecule has 7 rings (SSSR count). The standard InChI is InChI=1S/C26H22N6O14S4/c1-31-11-3-4-16(31)24(33)32(2)17-12-20(49(41,42)43)27-15-6-8-19(48(38,39)40)23(21(15)17)29-25(34)28-22-13-9-10-26(32,50(44,45)46)30-14(13)5-7-18(22)47(35,36)37/h3-12,30H,1-2H3,(H5-,27,28,29,34,35,36,37,38,39,40,41,42,43,44,45,46)/p+1. The normalized spacial score (nSPS) is 20.7. The molecule has 50 heavy (non-hydrogen) atoms. The molecule has 0 saturated heterocycles. The van der Waals surface area contributed by atoms with E-state index in [2.05, 4.69) is 20.9 Å². The third-order valence-corrected chi connectivity index (χ3v) is 12.2. The van der Waals surface area contributed by atoms with Crippen LogP contribution in [-0.4, -0.2) is 85.4 Å². The summed E-state index contributed by atoms with van der Waals surface area (Å²) in [6.45, 7) is 0.